The molecule has 23 heavy (non-hydrogen) atoms. The monoisotopic (exact) mass is 332 g/mol. The Balaban J connectivity index is 1.94. The molecule has 0 saturated heterocycles. The summed E-state index contributed by atoms with van der Waals surface area (Å²) in [5.41, 5.74) is 1.47. The highest BCUT2D eigenvalue weighted by molar-refractivity contribution is 6.30. The number of rotatable bonds is 7. The first-order chi connectivity index (χ1) is 11.1. The average Bonchev–Trinajstić information content (AvgIpc) is 2.56. The minimum Gasteiger partial charge on any atom is -0.357 e. The fourth-order valence-electron chi connectivity index (χ4n) is 2.30. The number of hydrogen-bond acceptors (Lipinski definition) is 4. The van der Waals surface area contributed by atoms with E-state index in [0.29, 0.717) is 17.3 Å². The molecule has 1 N–H and O–H groups in total. The summed E-state index contributed by atoms with van der Waals surface area (Å²) in [5.74, 6) is 0.577. The lowest BCUT2D eigenvalue weighted by molar-refractivity contribution is 0.0949. The third-order valence-electron chi connectivity index (χ3n) is 3.56. The number of halogens is 1. The van der Waals surface area contributed by atoms with Gasteiger partial charge in [-0.2, -0.15) is 0 Å². The van der Waals surface area contributed by atoms with Crippen molar-refractivity contribution in [2.45, 2.75) is 20.3 Å². The van der Waals surface area contributed by atoms with Crippen LogP contribution in [0.1, 0.15) is 29.9 Å². The zero-order valence-corrected chi connectivity index (χ0v) is 14.2. The van der Waals surface area contributed by atoms with Gasteiger partial charge in [-0.3, -0.25) is 4.79 Å². The standard InChI is InChI=1S/C17H21ClN4O/c1-3-22(4-2)16-11-15(20-12-21-16)17(23)19-9-8-13-6-5-7-14(18)10-13/h5-7,10-12H,3-4,8-9H2,1-2H3,(H,19,23). The number of carbonyl (C=O) groups excluding carboxylic acids is 1. The fraction of sp³-hybridized carbons (Fsp3) is 0.353. The van der Waals surface area contributed by atoms with Crippen LogP contribution in [-0.2, 0) is 6.42 Å². The Bertz CT molecular complexity index is 659. The van der Waals surface area contributed by atoms with Gasteiger partial charge in [0.1, 0.15) is 17.8 Å². The van der Waals surface area contributed by atoms with E-state index in [4.69, 9.17) is 11.6 Å². The smallest absolute Gasteiger partial charge is 0.270 e. The van der Waals surface area contributed by atoms with Crippen molar-refractivity contribution in [3.05, 3.63) is 52.9 Å². The van der Waals surface area contributed by atoms with Gasteiger partial charge in [-0.1, -0.05) is 23.7 Å². The molecule has 6 heteroatoms. The molecule has 1 amide bonds. The van der Waals surface area contributed by atoms with Crippen molar-refractivity contribution >= 4 is 23.3 Å². The number of hydrogen-bond donors (Lipinski definition) is 1. The molecule has 0 fully saturated rings. The van der Waals surface area contributed by atoms with Crippen LogP contribution in [0.3, 0.4) is 0 Å². The molecule has 0 aliphatic rings. The van der Waals surface area contributed by atoms with Crippen LogP contribution >= 0.6 is 11.6 Å². The van der Waals surface area contributed by atoms with Gasteiger partial charge < -0.3 is 10.2 Å². The number of carbonyl (C=O) groups is 1. The molecule has 0 saturated carbocycles. The topological polar surface area (TPSA) is 58.1 Å². The molecule has 122 valence electrons. The van der Waals surface area contributed by atoms with Crippen molar-refractivity contribution in [2.75, 3.05) is 24.5 Å². The van der Waals surface area contributed by atoms with Gasteiger partial charge in [0, 0.05) is 30.7 Å². The highest BCUT2D eigenvalue weighted by Crippen LogP contribution is 2.12. The van der Waals surface area contributed by atoms with E-state index >= 15 is 0 Å². The quantitative estimate of drug-likeness (QED) is 0.847. The van der Waals surface area contributed by atoms with Gasteiger partial charge in [0.15, 0.2) is 0 Å². The minimum absolute atomic E-state index is 0.192. The summed E-state index contributed by atoms with van der Waals surface area (Å²) in [7, 11) is 0. The van der Waals surface area contributed by atoms with E-state index < -0.39 is 0 Å². The van der Waals surface area contributed by atoms with E-state index in [1.165, 1.54) is 6.33 Å². The Morgan fingerprint density at radius 1 is 1.22 bits per heavy atom. The molecule has 0 radical (unpaired) electrons. The van der Waals surface area contributed by atoms with E-state index in [2.05, 4.69) is 34.0 Å². The number of aromatic nitrogens is 2. The molecule has 1 aromatic heterocycles. The van der Waals surface area contributed by atoms with Gasteiger partial charge in [-0.05, 0) is 38.0 Å². The Kier molecular flexibility index (Phi) is 6.35. The summed E-state index contributed by atoms with van der Waals surface area (Å²) in [6.45, 7) is 6.31. The number of amides is 1. The van der Waals surface area contributed by atoms with Crippen molar-refractivity contribution in [2.24, 2.45) is 0 Å². The van der Waals surface area contributed by atoms with Crippen LogP contribution in [0.4, 0.5) is 5.82 Å². The SMILES string of the molecule is CCN(CC)c1cc(C(=O)NCCc2cccc(Cl)c2)ncn1. The Morgan fingerprint density at radius 3 is 2.70 bits per heavy atom. The van der Waals surface area contributed by atoms with Crippen molar-refractivity contribution in [3.63, 3.8) is 0 Å². The van der Waals surface area contributed by atoms with Crippen molar-refractivity contribution in [3.8, 4) is 0 Å². The zero-order valence-electron chi connectivity index (χ0n) is 13.4. The molecule has 0 atom stereocenters. The second-order valence-electron chi connectivity index (χ2n) is 5.07. The number of anilines is 1. The highest BCUT2D eigenvalue weighted by Gasteiger charge is 2.11. The van der Waals surface area contributed by atoms with Gasteiger partial charge in [0.05, 0.1) is 0 Å². The van der Waals surface area contributed by atoms with Crippen LogP contribution in [0.15, 0.2) is 36.7 Å². The molecular formula is C17H21ClN4O. The summed E-state index contributed by atoms with van der Waals surface area (Å²) < 4.78 is 0. The fourth-order valence-corrected chi connectivity index (χ4v) is 2.51. The third-order valence-corrected chi connectivity index (χ3v) is 3.80. The van der Waals surface area contributed by atoms with E-state index in [9.17, 15) is 4.79 Å². The first-order valence-corrected chi connectivity index (χ1v) is 8.11. The van der Waals surface area contributed by atoms with E-state index in [0.717, 1.165) is 30.9 Å². The lowest BCUT2D eigenvalue weighted by Gasteiger charge is -2.19. The number of nitrogens with one attached hydrogen (secondary N) is 1. The summed E-state index contributed by atoms with van der Waals surface area (Å²) in [4.78, 5) is 22.6. The Hall–Kier alpha value is -2.14. The van der Waals surface area contributed by atoms with Gasteiger partial charge in [-0.15, -0.1) is 0 Å². The predicted octanol–water partition coefficient (Wildman–Crippen LogP) is 2.95. The largest absolute Gasteiger partial charge is 0.357 e. The zero-order chi connectivity index (χ0) is 16.7. The lowest BCUT2D eigenvalue weighted by Crippen LogP contribution is -2.28. The van der Waals surface area contributed by atoms with E-state index in [1.54, 1.807) is 6.07 Å². The summed E-state index contributed by atoms with van der Waals surface area (Å²) in [6, 6.07) is 9.35. The van der Waals surface area contributed by atoms with Crippen LogP contribution < -0.4 is 10.2 Å². The second-order valence-corrected chi connectivity index (χ2v) is 5.51. The molecule has 2 aromatic rings. The van der Waals surface area contributed by atoms with Gasteiger partial charge >= 0.3 is 0 Å². The van der Waals surface area contributed by atoms with Gasteiger partial charge in [-0.25, -0.2) is 9.97 Å². The Morgan fingerprint density at radius 2 is 2.00 bits per heavy atom. The van der Waals surface area contributed by atoms with E-state index in [1.807, 2.05) is 24.3 Å². The van der Waals surface area contributed by atoms with Crippen molar-refractivity contribution in [1.29, 1.82) is 0 Å². The maximum atomic E-state index is 12.2. The van der Waals surface area contributed by atoms with Crippen LogP contribution in [0.5, 0.6) is 0 Å². The highest BCUT2D eigenvalue weighted by atomic mass is 35.5. The molecule has 0 bridgehead atoms. The van der Waals surface area contributed by atoms with Crippen LogP contribution in [-0.4, -0.2) is 35.5 Å². The predicted molar refractivity (Wildman–Crippen MR) is 93.1 cm³/mol. The molecule has 2 rings (SSSR count). The normalized spacial score (nSPS) is 10.4. The number of benzene rings is 1. The maximum absolute atomic E-state index is 12.2. The Labute approximate surface area is 141 Å². The molecule has 0 aliphatic carbocycles. The van der Waals surface area contributed by atoms with Gasteiger partial charge in [0.25, 0.3) is 5.91 Å². The lowest BCUT2D eigenvalue weighted by atomic mass is 10.1. The molecule has 0 unspecified atom stereocenters. The third kappa shape index (κ3) is 4.93. The number of nitrogens with zero attached hydrogens (tertiary/aromatic N) is 3. The maximum Gasteiger partial charge on any atom is 0.270 e. The summed E-state index contributed by atoms with van der Waals surface area (Å²) in [5, 5.41) is 3.58. The molecular weight excluding hydrogens is 312 g/mol. The molecule has 0 spiro atoms. The van der Waals surface area contributed by atoms with Crippen LogP contribution in [0.2, 0.25) is 5.02 Å². The van der Waals surface area contributed by atoms with Crippen molar-refractivity contribution < 1.29 is 4.79 Å². The average molecular weight is 333 g/mol. The van der Waals surface area contributed by atoms with Crippen molar-refractivity contribution in [1.82, 2.24) is 15.3 Å². The molecule has 1 aromatic carbocycles. The van der Waals surface area contributed by atoms with Crippen LogP contribution in [0, 0.1) is 0 Å². The minimum atomic E-state index is -0.192. The molecule has 1 heterocycles. The molecule has 0 aliphatic heterocycles. The van der Waals surface area contributed by atoms with Crippen LogP contribution in [0.25, 0.3) is 0 Å². The van der Waals surface area contributed by atoms with Gasteiger partial charge in [0.2, 0.25) is 0 Å². The first kappa shape index (κ1) is 17.2. The second kappa shape index (κ2) is 8.48. The molecule has 5 nitrogen and oxygen atoms in total. The first-order valence-electron chi connectivity index (χ1n) is 7.73. The summed E-state index contributed by atoms with van der Waals surface area (Å²) >= 11 is 5.95. The summed E-state index contributed by atoms with van der Waals surface area (Å²) in [6.07, 6.45) is 2.15. The van der Waals surface area contributed by atoms with E-state index in [-0.39, 0.29) is 5.91 Å².